The van der Waals surface area contributed by atoms with Crippen LogP contribution >= 0.6 is 15.9 Å². The fourth-order valence-electron chi connectivity index (χ4n) is 1.67. The van der Waals surface area contributed by atoms with Crippen LogP contribution in [-0.2, 0) is 11.2 Å². The Hall–Kier alpha value is -1.56. The molecule has 1 amide bonds. The van der Waals surface area contributed by atoms with E-state index < -0.39 is 0 Å². The highest BCUT2D eigenvalue weighted by molar-refractivity contribution is 9.10. The smallest absolute Gasteiger partial charge is 0.226 e. The first-order valence-electron chi connectivity index (χ1n) is 5.90. The number of amides is 1. The van der Waals surface area contributed by atoms with Crippen molar-refractivity contribution in [1.29, 1.82) is 0 Å². The molecule has 1 aromatic rings. The number of hydrogen-bond donors (Lipinski definition) is 2. The third kappa shape index (κ3) is 4.90. The molecular weight excluding hydrogens is 310 g/mol. The highest BCUT2D eigenvalue weighted by atomic mass is 79.9. The van der Waals surface area contributed by atoms with Crippen molar-refractivity contribution < 1.29 is 10.0 Å². The number of likely N-dealkylation sites (N-methyl/N-ethyl adjacent to an activating group) is 1. The molecule has 0 radical (unpaired) electrons. The van der Waals surface area contributed by atoms with Crippen molar-refractivity contribution >= 4 is 27.7 Å². The Morgan fingerprint density at radius 3 is 2.84 bits per heavy atom. The Kier molecular flexibility index (Phi) is 5.82. The molecule has 0 aliphatic carbocycles. The summed E-state index contributed by atoms with van der Waals surface area (Å²) in [5.41, 5.74) is 6.39. The Labute approximate surface area is 121 Å². The maximum Gasteiger partial charge on any atom is 0.226 e. The van der Waals surface area contributed by atoms with E-state index in [0.29, 0.717) is 12.8 Å². The fraction of sp³-hybridized carbons (Fsp3) is 0.385. The molecule has 104 valence electrons. The molecule has 19 heavy (non-hydrogen) atoms. The van der Waals surface area contributed by atoms with E-state index >= 15 is 0 Å². The van der Waals surface area contributed by atoms with E-state index in [9.17, 15) is 4.79 Å². The lowest BCUT2D eigenvalue weighted by molar-refractivity contribution is -0.130. The van der Waals surface area contributed by atoms with Gasteiger partial charge in [0, 0.05) is 24.0 Å². The fourth-order valence-corrected chi connectivity index (χ4v) is 2.12. The first-order chi connectivity index (χ1) is 8.93. The molecular formula is C13H18BrN3O2. The molecule has 0 heterocycles. The lowest BCUT2D eigenvalue weighted by Gasteiger charge is -2.24. The lowest BCUT2D eigenvalue weighted by Crippen LogP contribution is -2.38. The molecule has 0 aromatic heterocycles. The minimum absolute atomic E-state index is 0.00339. The van der Waals surface area contributed by atoms with E-state index in [1.165, 1.54) is 0 Å². The number of hydrogen-bond acceptors (Lipinski definition) is 3. The number of nitrogens with two attached hydrogens (primary N) is 1. The van der Waals surface area contributed by atoms with Gasteiger partial charge in [-0.2, -0.15) is 0 Å². The quantitative estimate of drug-likeness (QED) is 0.375. The molecule has 1 atom stereocenters. The van der Waals surface area contributed by atoms with Crippen molar-refractivity contribution in [3.63, 3.8) is 0 Å². The van der Waals surface area contributed by atoms with Gasteiger partial charge in [0.15, 0.2) is 0 Å². The van der Waals surface area contributed by atoms with Gasteiger partial charge in [0.05, 0.1) is 6.42 Å². The van der Waals surface area contributed by atoms with Gasteiger partial charge in [0.1, 0.15) is 5.84 Å². The standard InChI is InChI=1S/C13H18BrN3O2/c1-9(6-12(15)16-19)17(2)13(18)8-10-4-3-5-11(14)7-10/h3-5,7,9,19H,6,8H2,1-2H3,(H2,15,16). The second-order valence-electron chi connectivity index (χ2n) is 4.46. The monoisotopic (exact) mass is 327 g/mol. The average Bonchev–Trinajstić information content (AvgIpc) is 2.37. The molecule has 0 aliphatic heterocycles. The number of nitrogens with zero attached hydrogens (tertiary/aromatic N) is 2. The molecule has 0 fully saturated rings. The Balaban J connectivity index is 2.62. The second kappa shape index (κ2) is 7.13. The summed E-state index contributed by atoms with van der Waals surface area (Å²) >= 11 is 3.38. The number of amidine groups is 1. The van der Waals surface area contributed by atoms with Crippen molar-refractivity contribution in [2.45, 2.75) is 25.8 Å². The molecule has 1 rings (SSSR count). The number of halogens is 1. The van der Waals surface area contributed by atoms with E-state index in [0.717, 1.165) is 10.0 Å². The highest BCUT2D eigenvalue weighted by Crippen LogP contribution is 2.13. The Bertz CT molecular complexity index is 477. The van der Waals surface area contributed by atoms with Crippen LogP contribution in [0.1, 0.15) is 18.9 Å². The normalized spacial score (nSPS) is 13.1. The zero-order chi connectivity index (χ0) is 14.4. The van der Waals surface area contributed by atoms with Crippen molar-refractivity contribution in [3.05, 3.63) is 34.3 Å². The molecule has 3 N–H and O–H groups in total. The largest absolute Gasteiger partial charge is 0.409 e. The van der Waals surface area contributed by atoms with Crippen molar-refractivity contribution in [2.75, 3.05) is 7.05 Å². The van der Waals surface area contributed by atoms with Crippen LogP contribution in [0.15, 0.2) is 33.9 Å². The minimum atomic E-state index is -0.115. The predicted molar refractivity (Wildman–Crippen MR) is 78.1 cm³/mol. The number of oxime groups is 1. The SMILES string of the molecule is CC(CC(N)=NO)N(C)C(=O)Cc1cccc(Br)c1. The molecule has 5 nitrogen and oxygen atoms in total. The van der Waals surface area contributed by atoms with Gasteiger partial charge in [-0.15, -0.1) is 0 Å². The third-order valence-corrected chi connectivity index (χ3v) is 3.43. The number of rotatable bonds is 5. The molecule has 1 aromatic carbocycles. The van der Waals surface area contributed by atoms with Gasteiger partial charge < -0.3 is 15.8 Å². The summed E-state index contributed by atoms with van der Waals surface area (Å²) in [6.45, 7) is 1.86. The van der Waals surface area contributed by atoms with Crippen molar-refractivity contribution in [3.8, 4) is 0 Å². The average molecular weight is 328 g/mol. The molecule has 0 saturated heterocycles. The topological polar surface area (TPSA) is 78.9 Å². The van der Waals surface area contributed by atoms with Crippen molar-refractivity contribution in [1.82, 2.24) is 4.90 Å². The van der Waals surface area contributed by atoms with E-state index in [1.807, 2.05) is 31.2 Å². The number of carbonyl (C=O) groups is 1. The molecule has 0 saturated carbocycles. The van der Waals surface area contributed by atoms with Crippen LogP contribution in [0.3, 0.4) is 0 Å². The first-order valence-corrected chi connectivity index (χ1v) is 6.70. The van der Waals surface area contributed by atoms with Crippen LogP contribution in [0, 0.1) is 0 Å². The number of benzene rings is 1. The first kappa shape index (κ1) is 15.5. The zero-order valence-electron chi connectivity index (χ0n) is 11.0. The van der Waals surface area contributed by atoms with Gasteiger partial charge >= 0.3 is 0 Å². The predicted octanol–water partition coefficient (Wildman–Crippen LogP) is 1.97. The van der Waals surface area contributed by atoms with Gasteiger partial charge in [-0.1, -0.05) is 33.2 Å². The van der Waals surface area contributed by atoms with Crippen LogP contribution in [0.4, 0.5) is 0 Å². The van der Waals surface area contributed by atoms with Crippen molar-refractivity contribution in [2.24, 2.45) is 10.9 Å². The van der Waals surface area contributed by atoms with Gasteiger partial charge in [0.2, 0.25) is 5.91 Å². The Morgan fingerprint density at radius 2 is 2.26 bits per heavy atom. The minimum Gasteiger partial charge on any atom is -0.409 e. The van der Waals surface area contributed by atoms with Gasteiger partial charge in [0.25, 0.3) is 0 Å². The van der Waals surface area contributed by atoms with Gasteiger partial charge in [-0.3, -0.25) is 4.79 Å². The lowest BCUT2D eigenvalue weighted by atomic mass is 10.1. The second-order valence-corrected chi connectivity index (χ2v) is 5.37. The molecule has 6 heteroatoms. The summed E-state index contributed by atoms with van der Waals surface area (Å²) in [7, 11) is 1.72. The maximum absolute atomic E-state index is 12.1. The summed E-state index contributed by atoms with van der Waals surface area (Å²) in [5.74, 6) is 0.117. The summed E-state index contributed by atoms with van der Waals surface area (Å²) in [5, 5.41) is 11.4. The summed E-state index contributed by atoms with van der Waals surface area (Å²) in [6, 6.07) is 7.52. The zero-order valence-corrected chi connectivity index (χ0v) is 12.6. The van der Waals surface area contributed by atoms with E-state index in [-0.39, 0.29) is 17.8 Å². The summed E-state index contributed by atoms with van der Waals surface area (Å²) in [6.07, 6.45) is 0.674. The van der Waals surface area contributed by atoms with Crippen LogP contribution in [-0.4, -0.2) is 34.9 Å². The van der Waals surface area contributed by atoms with Crippen LogP contribution in [0.5, 0.6) is 0 Å². The Morgan fingerprint density at radius 1 is 1.58 bits per heavy atom. The molecule has 0 spiro atoms. The summed E-state index contributed by atoms with van der Waals surface area (Å²) < 4.78 is 0.949. The van der Waals surface area contributed by atoms with Crippen LogP contribution in [0.25, 0.3) is 0 Å². The van der Waals surface area contributed by atoms with Crippen LogP contribution < -0.4 is 5.73 Å². The number of carbonyl (C=O) groups excluding carboxylic acids is 1. The molecule has 0 bridgehead atoms. The third-order valence-electron chi connectivity index (χ3n) is 2.93. The van der Waals surface area contributed by atoms with Crippen LogP contribution in [0.2, 0.25) is 0 Å². The van der Waals surface area contributed by atoms with E-state index in [2.05, 4.69) is 21.1 Å². The van der Waals surface area contributed by atoms with Gasteiger partial charge in [-0.25, -0.2) is 0 Å². The molecule has 1 unspecified atom stereocenters. The highest BCUT2D eigenvalue weighted by Gasteiger charge is 2.17. The maximum atomic E-state index is 12.1. The molecule has 0 aliphatic rings. The van der Waals surface area contributed by atoms with E-state index in [4.69, 9.17) is 10.9 Å². The summed E-state index contributed by atoms with van der Waals surface area (Å²) in [4.78, 5) is 13.7. The van der Waals surface area contributed by atoms with E-state index in [1.54, 1.807) is 11.9 Å². The van der Waals surface area contributed by atoms with Gasteiger partial charge in [-0.05, 0) is 24.6 Å².